The normalized spacial score (nSPS) is 15.3. The molecule has 0 radical (unpaired) electrons. The van der Waals surface area contributed by atoms with Crippen molar-refractivity contribution in [3.8, 4) is 11.5 Å². The summed E-state index contributed by atoms with van der Waals surface area (Å²) in [6.45, 7) is 5.76. The molecule has 0 aliphatic carbocycles. The van der Waals surface area contributed by atoms with Gasteiger partial charge in [-0.15, -0.1) is 0 Å². The van der Waals surface area contributed by atoms with Crippen LogP contribution in [0.15, 0.2) is 63.5 Å². The summed E-state index contributed by atoms with van der Waals surface area (Å²) in [5.41, 5.74) is 0.698. The van der Waals surface area contributed by atoms with Gasteiger partial charge in [-0.05, 0) is 44.5 Å². The number of para-hydroxylation sites is 1. The molecule has 4 rings (SSSR count). The Kier molecular flexibility index (Phi) is 7.02. The van der Waals surface area contributed by atoms with E-state index in [1.807, 2.05) is 6.92 Å². The van der Waals surface area contributed by atoms with E-state index in [9.17, 15) is 24.8 Å². The summed E-state index contributed by atoms with van der Waals surface area (Å²) in [5, 5.41) is 21.0. The Morgan fingerprint density at radius 1 is 1.25 bits per heavy atom. The van der Waals surface area contributed by atoms with Crippen molar-refractivity contribution in [2.75, 3.05) is 13.2 Å². The predicted molar refractivity (Wildman–Crippen MR) is 133 cm³/mol. The van der Waals surface area contributed by atoms with E-state index in [1.54, 1.807) is 38.1 Å². The average molecular weight is 510 g/mol. The highest BCUT2D eigenvalue weighted by Gasteiger charge is 2.35. The number of nitro groups is 1. The Morgan fingerprint density at radius 2 is 2.00 bits per heavy atom. The highest BCUT2D eigenvalue weighted by Crippen LogP contribution is 2.36. The minimum atomic E-state index is -0.848. The van der Waals surface area contributed by atoms with E-state index < -0.39 is 33.9 Å². The van der Waals surface area contributed by atoms with Crippen molar-refractivity contribution in [2.24, 2.45) is 4.99 Å². The van der Waals surface area contributed by atoms with E-state index in [0.29, 0.717) is 34.0 Å². The molecule has 11 heteroatoms. The molecule has 1 aromatic heterocycles. The van der Waals surface area contributed by atoms with Crippen LogP contribution in [0.4, 0.5) is 5.69 Å². The van der Waals surface area contributed by atoms with Crippen LogP contribution in [-0.4, -0.2) is 33.8 Å². The Balaban J connectivity index is 1.97. The van der Waals surface area contributed by atoms with Crippen molar-refractivity contribution >= 4 is 29.1 Å². The zero-order valence-corrected chi connectivity index (χ0v) is 20.6. The maximum atomic E-state index is 13.7. The Bertz CT molecular complexity index is 1570. The third kappa shape index (κ3) is 4.52. The molecule has 2 heterocycles. The lowest BCUT2D eigenvalue weighted by Crippen LogP contribution is -2.40. The first kappa shape index (κ1) is 24.9. The molecule has 1 N–H and O–H groups in total. The average Bonchev–Trinajstić information content (AvgIpc) is 3.14. The molecule has 1 aliphatic rings. The van der Waals surface area contributed by atoms with E-state index in [1.165, 1.54) is 28.8 Å². The predicted octanol–water partition coefficient (Wildman–Crippen LogP) is 2.81. The summed E-state index contributed by atoms with van der Waals surface area (Å²) < 4.78 is 12.8. The van der Waals surface area contributed by atoms with Gasteiger partial charge in [0.15, 0.2) is 10.6 Å². The number of rotatable bonds is 7. The van der Waals surface area contributed by atoms with Gasteiger partial charge in [0.2, 0.25) is 0 Å². The van der Waals surface area contributed by atoms with Gasteiger partial charge >= 0.3 is 11.7 Å². The number of thiazole rings is 1. The molecule has 0 saturated heterocycles. The fourth-order valence-electron chi connectivity index (χ4n) is 4.01. The molecule has 1 aliphatic heterocycles. The van der Waals surface area contributed by atoms with Gasteiger partial charge in [0, 0.05) is 11.6 Å². The molecule has 0 bridgehead atoms. The highest BCUT2D eigenvalue weighted by molar-refractivity contribution is 7.07. The van der Waals surface area contributed by atoms with Gasteiger partial charge < -0.3 is 14.6 Å². The van der Waals surface area contributed by atoms with Gasteiger partial charge in [-0.1, -0.05) is 35.6 Å². The number of allylic oxidation sites excluding steroid dienone is 1. The fraction of sp³-hybridized carbons (Fsp3) is 0.240. The van der Waals surface area contributed by atoms with Crippen LogP contribution in [0, 0.1) is 10.1 Å². The number of nitro benzene ring substituents is 1. The molecule has 1 atom stereocenters. The number of aromatic hydroxyl groups is 1. The van der Waals surface area contributed by atoms with Crippen LogP contribution < -0.4 is 19.6 Å². The zero-order chi connectivity index (χ0) is 26.0. The second-order valence-corrected chi connectivity index (χ2v) is 8.79. The van der Waals surface area contributed by atoms with Crippen LogP contribution in [0.2, 0.25) is 0 Å². The second-order valence-electron chi connectivity index (χ2n) is 7.78. The van der Waals surface area contributed by atoms with E-state index in [0.717, 1.165) is 11.3 Å². The molecule has 36 heavy (non-hydrogen) atoms. The van der Waals surface area contributed by atoms with Crippen LogP contribution >= 0.6 is 11.3 Å². The fourth-order valence-corrected chi connectivity index (χ4v) is 5.05. The third-order valence-corrected chi connectivity index (χ3v) is 6.51. The van der Waals surface area contributed by atoms with Gasteiger partial charge in [-0.3, -0.25) is 19.5 Å². The molecule has 2 aromatic carbocycles. The smallest absolute Gasteiger partial charge is 0.338 e. The van der Waals surface area contributed by atoms with Gasteiger partial charge in [-0.2, -0.15) is 0 Å². The van der Waals surface area contributed by atoms with Gasteiger partial charge in [0.1, 0.15) is 11.8 Å². The Hall–Kier alpha value is -4.25. The number of carbonyl (C=O) groups excluding carboxylic acids is 1. The first-order valence-corrected chi connectivity index (χ1v) is 12.0. The second kappa shape index (κ2) is 10.2. The number of hydrogen-bond acceptors (Lipinski definition) is 9. The van der Waals surface area contributed by atoms with Crippen LogP contribution in [0.1, 0.15) is 37.9 Å². The quantitative estimate of drug-likeness (QED) is 0.294. The van der Waals surface area contributed by atoms with Gasteiger partial charge in [0.25, 0.3) is 5.56 Å². The number of phenolic OH excluding ortho intramolecular Hbond substituents is 1. The molecule has 0 amide bonds. The standard InChI is InChI=1S/C25H23N3O7S/c1-4-34-19-9-7-6-8-16(19)22-21(24(31)35-5-2)14(3)26-25-27(22)23(30)20(36-25)13-15-10-11-18(29)17(12-15)28(32)33/h6-13,22,29H,4-5H2,1-3H3/b20-13-/t22-/m1/s1. The number of ether oxygens (including phenoxy) is 2. The Labute approximate surface area is 209 Å². The summed E-state index contributed by atoms with van der Waals surface area (Å²) in [6, 6.07) is 10.2. The number of fused-ring (bicyclic) bond motifs is 1. The number of nitrogens with zero attached hydrogens (tertiary/aromatic N) is 3. The van der Waals surface area contributed by atoms with Crippen molar-refractivity contribution in [1.82, 2.24) is 4.57 Å². The lowest BCUT2D eigenvalue weighted by molar-refractivity contribution is -0.385. The first-order chi connectivity index (χ1) is 17.3. The topological polar surface area (TPSA) is 133 Å². The number of carbonyl (C=O) groups is 1. The van der Waals surface area contributed by atoms with Crippen molar-refractivity contribution in [1.29, 1.82) is 0 Å². The molecular formula is C25H23N3O7S. The summed E-state index contributed by atoms with van der Waals surface area (Å²) in [4.78, 5) is 42.1. The van der Waals surface area contributed by atoms with Crippen molar-refractivity contribution in [2.45, 2.75) is 26.8 Å². The lowest BCUT2D eigenvalue weighted by Gasteiger charge is -2.26. The van der Waals surface area contributed by atoms with Crippen LogP contribution in [0.3, 0.4) is 0 Å². The molecule has 0 fully saturated rings. The molecule has 0 unspecified atom stereocenters. The Morgan fingerprint density at radius 3 is 2.69 bits per heavy atom. The number of aromatic nitrogens is 1. The van der Waals surface area contributed by atoms with Crippen LogP contribution in [-0.2, 0) is 9.53 Å². The largest absolute Gasteiger partial charge is 0.502 e. The summed E-state index contributed by atoms with van der Waals surface area (Å²) in [5.74, 6) is -0.537. The van der Waals surface area contributed by atoms with Crippen LogP contribution in [0.25, 0.3) is 6.08 Å². The van der Waals surface area contributed by atoms with Gasteiger partial charge in [-0.25, -0.2) is 9.79 Å². The molecule has 186 valence electrons. The van der Waals surface area contributed by atoms with E-state index >= 15 is 0 Å². The van der Waals surface area contributed by atoms with Crippen molar-refractivity contribution in [3.63, 3.8) is 0 Å². The number of benzene rings is 2. The van der Waals surface area contributed by atoms with E-state index in [2.05, 4.69) is 4.99 Å². The zero-order valence-electron chi connectivity index (χ0n) is 19.8. The molecule has 0 saturated carbocycles. The summed E-state index contributed by atoms with van der Waals surface area (Å²) >= 11 is 1.09. The number of hydrogen-bond donors (Lipinski definition) is 1. The molecular weight excluding hydrogens is 486 g/mol. The molecule has 0 spiro atoms. The molecule has 3 aromatic rings. The maximum absolute atomic E-state index is 13.7. The maximum Gasteiger partial charge on any atom is 0.338 e. The van der Waals surface area contributed by atoms with E-state index in [4.69, 9.17) is 9.47 Å². The SMILES string of the molecule is CCOC(=O)C1=C(C)N=c2s/c(=C\c3ccc(O)c([N+](=O)[O-])c3)c(=O)n2[C@@H]1c1ccccc1OCC. The minimum Gasteiger partial charge on any atom is -0.502 e. The van der Waals surface area contributed by atoms with Crippen molar-refractivity contribution in [3.05, 3.63) is 94.7 Å². The van der Waals surface area contributed by atoms with Crippen LogP contribution in [0.5, 0.6) is 11.5 Å². The van der Waals surface area contributed by atoms with Crippen molar-refractivity contribution < 1.29 is 24.3 Å². The number of esters is 1. The first-order valence-electron chi connectivity index (χ1n) is 11.2. The summed E-state index contributed by atoms with van der Waals surface area (Å²) in [6.07, 6.45) is 1.49. The monoisotopic (exact) mass is 509 g/mol. The summed E-state index contributed by atoms with van der Waals surface area (Å²) in [7, 11) is 0. The third-order valence-electron chi connectivity index (χ3n) is 5.52. The molecule has 10 nitrogen and oxygen atoms in total. The lowest BCUT2D eigenvalue weighted by atomic mass is 9.95. The minimum absolute atomic E-state index is 0.152. The van der Waals surface area contributed by atoms with Gasteiger partial charge in [0.05, 0.1) is 33.9 Å². The van der Waals surface area contributed by atoms with E-state index in [-0.39, 0.29) is 16.7 Å². The number of phenols is 1. The highest BCUT2D eigenvalue weighted by atomic mass is 32.1.